The van der Waals surface area contributed by atoms with Gasteiger partial charge in [-0.25, -0.2) is 4.39 Å². The van der Waals surface area contributed by atoms with E-state index in [4.69, 9.17) is 11.6 Å². The van der Waals surface area contributed by atoms with E-state index in [9.17, 15) is 9.50 Å². The van der Waals surface area contributed by atoms with Gasteiger partial charge in [0.05, 0.1) is 22.5 Å². The van der Waals surface area contributed by atoms with E-state index in [-0.39, 0.29) is 5.82 Å². The molecular formula is C14H16ClFN2O. The van der Waals surface area contributed by atoms with E-state index in [0.717, 1.165) is 17.0 Å². The highest BCUT2D eigenvalue weighted by atomic mass is 35.5. The fourth-order valence-electron chi connectivity index (χ4n) is 2.13. The summed E-state index contributed by atoms with van der Waals surface area (Å²) < 4.78 is 14.7. The van der Waals surface area contributed by atoms with Crippen LogP contribution in [0.15, 0.2) is 24.3 Å². The second kappa shape index (κ2) is 5.72. The van der Waals surface area contributed by atoms with E-state index < -0.39 is 6.10 Å². The molecule has 0 bridgehead atoms. The molecule has 1 aromatic carbocycles. The normalized spacial score (nSPS) is 12.7. The maximum Gasteiger partial charge on any atom is 0.123 e. The molecule has 1 aromatic heterocycles. The van der Waals surface area contributed by atoms with Gasteiger partial charge in [0.15, 0.2) is 0 Å². The molecule has 1 N–H and O–H groups in total. The van der Waals surface area contributed by atoms with Gasteiger partial charge in [-0.2, -0.15) is 5.10 Å². The second-order valence-corrected chi connectivity index (χ2v) is 5.04. The Morgan fingerprint density at radius 3 is 2.74 bits per heavy atom. The van der Waals surface area contributed by atoms with E-state index in [2.05, 4.69) is 5.10 Å². The van der Waals surface area contributed by atoms with Crippen LogP contribution < -0.4 is 0 Å². The number of aryl methyl sites for hydroxylation is 2. The highest BCUT2D eigenvalue weighted by Gasteiger charge is 2.15. The maximum absolute atomic E-state index is 13.1. The zero-order chi connectivity index (χ0) is 14.0. The molecule has 2 rings (SSSR count). The van der Waals surface area contributed by atoms with Gasteiger partial charge < -0.3 is 5.11 Å². The lowest BCUT2D eigenvalue weighted by Gasteiger charge is -2.11. The number of benzene rings is 1. The van der Waals surface area contributed by atoms with Crippen molar-refractivity contribution >= 4 is 11.6 Å². The Kier molecular flexibility index (Phi) is 4.22. The molecule has 1 unspecified atom stereocenters. The second-order valence-electron chi connectivity index (χ2n) is 4.66. The third kappa shape index (κ3) is 3.33. The van der Waals surface area contributed by atoms with Crippen LogP contribution in [0.1, 0.15) is 17.0 Å². The van der Waals surface area contributed by atoms with Crippen LogP contribution in [-0.4, -0.2) is 21.0 Å². The molecule has 5 heteroatoms. The number of aromatic nitrogens is 2. The largest absolute Gasteiger partial charge is 0.392 e. The fraction of sp³-hybridized carbons (Fsp3) is 0.357. The molecule has 2 aromatic rings. The first-order chi connectivity index (χ1) is 8.97. The van der Waals surface area contributed by atoms with Gasteiger partial charge >= 0.3 is 0 Å². The fourth-order valence-corrected chi connectivity index (χ4v) is 2.37. The van der Waals surface area contributed by atoms with Gasteiger partial charge in [0.25, 0.3) is 0 Å². The lowest BCUT2D eigenvalue weighted by atomic mass is 10.0. The summed E-state index contributed by atoms with van der Waals surface area (Å²) >= 11 is 6.13. The first kappa shape index (κ1) is 14.0. The minimum absolute atomic E-state index is 0.292. The van der Waals surface area contributed by atoms with Gasteiger partial charge in [-0.15, -0.1) is 0 Å². The van der Waals surface area contributed by atoms with E-state index in [1.807, 2.05) is 6.92 Å². The van der Waals surface area contributed by atoms with Crippen molar-refractivity contribution in [1.29, 1.82) is 0 Å². The predicted octanol–water partition coefficient (Wildman–Crippen LogP) is 2.67. The van der Waals surface area contributed by atoms with E-state index in [1.165, 1.54) is 12.1 Å². The van der Waals surface area contributed by atoms with Crippen LogP contribution in [0.3, 0.4) is 0 Å². The minimum atomic E-state index is -0.617. The van der Waals surface area contributed by atoms with E-state index in [0.29, 0.717) is 17.9 Å². The molecule has 19 heavy (non-hydrogen) atoms. The number of aliphatic hydroxyl groups excluding tert-OH is 1. The third-order valence-electron chi connectivity index (χ3n) is 3.05. The maximum atomic E-state index is 13.1. The van der Waals surface area contributed by atoms with Gasteiger partial charge in [0.1, 0.15) is 5.82 Å². The standard InChI is InChI=1S/C14H16ClFN2O/c1-9-14(15)13(18(2)17-9)8-12(19)7-10-4-3-5-11(16)6-10/h3-6,12,19H,7-8H2,1-2H3. The highest BCUT2D eigenvalue weighted by Crippen LogP contribution is 2.21. The number of rotatable bonds is 4. The van der Waals surface area contributed by atoms with E-state index >= 15 is 0 Å². The van der Waals surface area contributed by atoms with Crippen molar-refractivity contribution in [1.82, 2.24) is 9.78 Å². The summed E-state index contributed by atoms with van der Waals surface area (Å²) in [5.41, 5.74) is 2.31. The molecule has 0 radical (unpaired) electrons. The minimum Gasteiger partial charge on any atom is -0.392 e. The highest BCUT2D eigenvalue weighted by molar-refractivity contribution is 6.31. The Morgan fingerprint density at radius 1 is 1.42 bits per heavy atom. The average Bonchev–Trinajstić information content (AvgIpc) is 2.56. The van der Waals surface area contributed by atoms with Crippen LogP contribution in [0.2, 0.25) is 5.02 Å². The van der Waals surface area contributed by atoms with Gasteiger partial charge in [-0.05, 0) is 31.0 Å². The Hall–Kier alpha value is -1.39. The van der Waals surface area contributed by atoms with Crippen LogP contribution >= 0.6 is 11.6 Å². The monoisotopic (exact) mass is 282 g/mol. The van der Waals surface area contributed by atoms with Crippen LogP contribution in [0, 0.1) is 12.7 Å². The average molecular weight is 283 g/mol. The first-order valence-electron chi connectivity index (χ1n) is 6.08. The van der Waals surface area contributed by atoms with Crippen molar-refractivity contribution in [3.8, 4) is 0 Å². The van der Waals surface area contributed by atoms with Crippen molar-refractivity contribution in [3.63, 3.8) is 0 Å². The van der Waals surface area contributed by atoms with Crippen molar-refractivity contribution < 1.29 is 9.50 Å². The molecule has 0 saturated carbocycles. The lowest BCUT2D eigenvalue weighted by molar-refractivity contribution is 0.173. The van der Waals surface area contributed by atoms with Crippen molar-refractivity contribution in [2.24, 2.45) is 7.05 Å². The molecule has 1 heterocycles. The Bertz CT molecular complexity index is 583. The molecule has 0 aliphatic carbocycles. The van der Waals surface area contributed by atoms with Crippen molar-refractivity contribution in [3.05, 3.63) is 52.1 Å². The number of nitrogens with zero attached hydrogens (tertiary/aromatic N) is 2. The van der Waals surface area contributed by atoms with Crippen molar-refractivity contribution in [2.45, 2.75) is 25.9 Å². The van der Waals surface area contributed by atoms with Crippen LogP contribution in [0.4, 0.5) is 4.39 Å². The first-order valence-corrected chi connectivity index (χ1v) is 6.45. The molecule has 102 valence electrons. The third-order valence-corrected chi connectivity index (χ3v) is 3.54. The summed E-state index contributed by atoms with van der Waals surface area (Å²) in [6.07, 6.45) is 0.166. The molecule has 0 amide bonds. The van der Waals surface area contributed by atoms with E-state index in [1.54, 1.807) is 23.9 Å². The molecule has 1 atom stereocenters. The quantitative estimate of drug-likeness (QED) is 0.936. The summed E-state index contributed by atoms with van der Waals surface area (Å²) in [4.78, 5) is 0. The van der Waals surface area contributed by atoms with Gasteiger partial charge in [0.2, 0.25) is 0 Å². The molecular weight excluding hydrogens is 267 g/mol. The molecule has 0 aliphatic heterocycles. The summed E-state index contributed by atoms with van der Waals surface area (Å²) in [5, 5.41) is 14.9. The lowest BCUT2D eigenvalue weighted by Crippen LogP contribution is -2.16. The zero-order valence-corrected chi connectivity index (χ0v) is 11.7. The number of aliphatic hydroxyl groups is 1. The molecule has 0 aliphatic rings. The Morgan fingerprint density at radius 2 is 2.16 bits per heavy atom. The zero-order valence-electron chi connectivity index (χ0n) is 10.9. The smallest absolute Gasteiger partial charge is 0.123 e. The molecule has 0 saturated heterocycles. The SMILES string of the molecule is Cc1nn(C)c(CC(O)Cc2cccc(F)c2)c1Cl. The van der Waals surface area contributed by atoms with Crippen molar-refractivity contribution in [2.75, 3.05) is 0 Å². The van der Waals surface area contributed by atoms with Crippen LogP contribution in [-0.2, 0) is 19.9 Å². The Balaban J connectivity index is 2.07. The predicted molar refractivity (Wildman–Crippen MR) is 72.8 cm³/mol. The topological polar surface area (TPSA) is 38.0 Å². The number of halogens is 2. The summed E-state index contributed by atoms with van der Waals surface area (Å²) in [7, 11) is 1.79. The number of hydrogen-bond donors (Lipinski definition) is 1. The van der Waals surface area contributed by atoms with Gasteiger partial charge in [-0.1, -0.05) is 23.7 Å². The number of hydrogen-bond acceptors (Lipinski definition) is 2. The summed E-state index contributed by atoms with van der Waals surface area (Å²) in [5.74, 6) is -0.292. The van der Waals surface area contributed by atoms with Crippen LogP contribution in [0.5, 0.6) is 0 Å². The molecule has 0 fully saturated rings. The molecule has 0 spiro atoms. The summed E-state index contributed by atoms with van der Waals surface area (Å²) in [6, 6.07) is 6.25. The Labute approximate surface area is 116 Å². The van der Waals surface area contributed by atoms with Gasteiger partial charge in [0, 0.05) is 13.5 Å². The molecule has 3 nitrogen and oxygen atoms in total. The van der Waals surface area contributed by atoms with Gasteiger partial charge in [-0.3, -0.25) is 4.68 Å². The van der Waals surface area contributed by atoms with Crippen LogP contribution in [0.25, 0.3) is 0 Å². The summed E-state index contributed by atoms with van der Waals surface area (Å²) in [6.45, 7) is 1.82.